The van der Waals surface area contributed by atoms with Crippen LogP contribution in [0.3, 0.4) is 0 Å². The molecule has 2 aromatic rings. The van der Waals surface area contributed by atoms with Crippen LogP contribution in [0.15, 0.2) is 42.6 Å². The number of nitrogens with one attached hydrogen (secondary N) is 1. The second-order valence-electron chi connectivity index (χ2n) is 4.75. The number of amides is 2. The van der Waals surface area contributed by atoms with Crippen LogP contribution in [-0.4, -0.2) is 23.0 Å². The van der Waals surface area contributed by atoms with Crippen molar-refractivity contribution < 1.29 is 4.79 Å². The Balaban J connectivity index is 2.06. The van der Waals surface area contributed by atoms with Crippen molar-refractivity contribution in [2.75, 3.05) is 12.4 Å². The number of hydrogen-bond donors (Lipinski definition) is 1. The van der Waals surface area contributed by atoms with Gasteiger partial charge in [0.25, 0.3) is 0 Å². The molecule has 0 radical (unpaired) electrons. The van der Waals surface area contributed by atoms with Crippen LogP contribution in [0.1, 0.15) is 16.8 Å². The lowest BCUT2D eigenvalue weighted by molar-refractivity contribution is 0.220. The van der Waals surface area contributed by atoms with Gasteiger partial charge in [0.05, 0.1) is 23.9 Å². The van der Waals surface area contributed by atoms with Crippen molar-refractivity contribution in [2.45, 2.75) is 13.5 Å². The fraction of sp³-hybridized carbons (Fsp3) is 0.188. The lowest BCUT2D eigenvalue weighted by atomic mass is 10.1. The van der Waals surface area contributed by atoms with Crippen LogP contribution in [0.25, 0.3) is 0 Å². The molecule has 0 aliphatic rings. The van der Waals surface area contributed by atoms with E-state index in [1.54, 1.807) is 30.3 Å². The first-order valence-electron chi connectivity index (χ1n) is 6.53. The maximum absolute atomic E-state index is 12.2. The van der Waals surface area contributed by atoms with Gasteiger partial charge in [0, 0.05) is 18.9 Å². The first-order chi connectivity index (χ1) is 10.1. The van der Waals surface area contributed by atoms with Crippen LogP contribution in [0.2, 0.25) is 0 Å². The summed E-state index contributed by atoms with van der Waals surface area (Å²) in [6, 6.07) is 12.6. The van der Waals surface area contributed by atoms with Crippen LogP contribution in [0.5, 0.6) is 0 Å². The fourth-order valence-electron chi connectivity index (χ4n) is 1.84. The predicted octanol–water partition coefficient (Wildman–Crippen LogP) is 2.93. The number of carbonyl (C=O) groups excluding carboxylic acids is 1. The Morgan fingerprint density at radius 3 is 2.86 bits per heavy atom. The van der Waals surface area contributed by atoms with Gasteiger partial charge in [-0.25, -0.2) is 4.79 Å². The molecule has 0 bridgehead atoms. The molecule has 1 aromatic heterocycles. The van der Waals surface area contributed by atoms with E-state index in [1.807, 2.05) is 31.2 Å². The number of nitrogens with zero attached hydrogens (tertiary/aromatic N) is 3. The number of aromatic nitrogens is 1. The number of benzene rings is 1. The van der Waals surface area contributed by atoms with Crippen LogP contribution in [0.4, 0.5) is 10.5 Å². The van der Waals surface area contributed by atoms with E-state index in [4.69, 9.17) is 5.26 Å². The quantitative estimate of drug-likeness (QED) is 0.939. The largest absolute Gasteiger partial charge is 0.322 e. The molecule has 0 aliphatic heterocycles. The standard InChI is InChI=1S/C16H16N4O/c1-12-6-7-13(10-17)9-15(12)19-16(21)20(2)11-14-5-3-4-8-18-14/h3-9H,11H2,1-2H3,(H,19,21). The Labute approximate surface area is 123 Å². The molecule has 0 unspecified atom stereocenters. The second-order valence-corrected chi connectivity index (χ2v) is 4.75. The van der Waals surface area contributed by atoms with Crippen molar-refractivity contribution in [1.29, 1.82) is 5.26 Å². The third kappa shape index (κ3) is 3.80. The number of anilines is 1. The summed E-state index contributed by atoms with van der Waals surface area (Å²) in [6.45, 7) is 2.30. The highest BCUT2D eigenvalue weighted by atomic mass is 16.2. The number of nitriles is 1. The Morgan fingerprint density at radius 1 is 1.38 bits per heavy atom. The summed E-state index contributed by atoms with van der Waals surface area (Å²) >= 11 is 0. The molecule has 0 atom stereocenters. The molecule has 1 N–H and O–H groups in total. The summed E-state index contributed by atoms with van der Waals surface area (Å²) in [6.07, 6.45) is 1.70. The van der Waals surface area contributed by atoms with Gasteiger partial charge in [-0.15, -0.1) is 0 Å². The molecule has 5 nitrogen and oxygen atoms in total. The fourth-order valence-corrected chi connectivity index (χ4v) is 1.84. The topological polar surface area (TPSA) is 69.0 Å². The van der Waals surface area contributed by atoms with Gasteiger partial charge in [0.15, 0.2) is 0 Å². The minimum absolute atomic E-state index is 0.237. The van der Waals surface area contributed by atoms with Crippen molar-refractivity contribution >= 4 is 11.7 Å². The Kier molecular flexibility index (Phi) is 4.52. The maximum atomic E-state index is 12.2. The molecule has 5 heteroatoms. The zero-order valence-electron chi connectivity index (χ0n) is 12.0. The Morgan fingerprint density at radius 2 is 2.19 bits per heavy atom. The van der Waals surface area contributed by atoms with Crippen molar-refractivity contribution in [1.82, 2.24) is 9.88 Å². The molecule has 0 saturated carbocycles. The Hall–Kier alpha value is -2.87. The normalized spacial score (nSPS) is 9.76. The average Bonchev–Trinajstić information content (AvgIpc) is 2.50. The molecule has 106 valence electrons. The SMILES string of the molecule is Cc1ccc(C#N)cc1NC(=O)N(C)Cc1ccccn1. The molecular weight excluding hydrogens is 264 g/mol. The highest BCUT2D eigenvalue weighted by Crippen LogP contribution is 2.17. The van der Waals surface area contributed by atoms with E-state index in [1.165, 1.54) is 0 Å². The number of rotatable bonds is 3. The number of hydrogen-bond acceptors (Lipinski definition) is 3. The second kappa shape index (κ2) is 6.53. The van der Waals surface area contributed by atoms with Crippen LogP contribution in [-0.2, 0) is 6.54 Å². The highest BCUT2D eigenvalue weighted by molar-refractivity contribution is 5.90. The van der Waals surface area contributed by atoms with Crippen molar-refractivity contribution in [3.63, 3.8) is 0 Å². The van der Waals surface area contributed by atoms with E-state index in [2.05, 4.69) is 16.4 Å². The summed E-state index contributed by atoms with van der Waals surface area (Å²) in [7, 11) is 1.70. The summed E-state index contributed by atoms with van der Waals surface area (Å²) in [5, 5.41) is 11.7. The molecular formula is C16H16N4O. The van der Waals surface area contributed by atoms with Crippen molar-refractivity contribution in [3.8, 4) is 6.07 Å². The molecule has 0 aliphatic carbocycles. The maximum Gasteiger partial charge on any atom is 0.321 e. The van der Waals surface area contributed by atoms with Crippen molar-refractivity contribution in [2.24, 2.45) is 0 Å². The zero-order valence-corrected chi connectivity index (χ0v) is 12.0. The van der Waals surface area contributed by atoms with Gasteiger partial charge in [-0.05, 0) is 36.8 Å². The molecule has 0 saturated heterocycles. The molecule has 21 heavy (non-hydrogen) atoms. The van der Waals surface area contributed by atoms with Gasteiger partial charge >= 0.3 is 6.03 Å². The van der Waals surface area contributed by atoms with Gasteiger partial charge in [-0.3, -0.25) is 4.98 Å². The van der Waals surface area contributed by atoms with Crippen LogP contribution < -0.4 is 5.32 Å². The number of aryl methyl sites for hydroxylation is 1. The van der Waals surface area contributed by atoms with Gasteiger partial charge in [-0.1, -0.05) is 12.1 Å². The van der Waals surface area contributed by atoms with Gasteiger partial charge in [0.2, 0.25) is 0 Å². The van der Waals surface area contributed by atoms with Crippen molar-refractivity contribution in [3.05, 3.63) is 59.4 Å². The van der Waals surface area contributed by atoms with E-state index < -0.39 is 0 Å². The predicted molar refractivity (Wildman–Crippen MR) is 80.6 cm³/mol. The number of pyridine rings is 1. The minimum atomic E-state index is -0.237. The number of carbonyl (C=O) groups is 1. The first kappa shape index (κ1) is 14.5. The Bertz CT molecular complexity index is 676. The molecule has 1 aromatic carbocycles. The summed E-state index contributed by atoms with van der Waals surface area (Å²) in [5.74, 6) is 0. The minimum Gasteiger partial charge on any atom is -0.322 e. The highest BCUT2D eigenvalue weighted by Gasteiger charge is 2.11. The summed E-state index contributed by atoms with van der Waals surface area (Å²) in [5.41, 5.74) is 2.89. The molecule has 2 rings (SSSR count). The molecule has 0 fully saturated rings. The zero-order chi connectivity index (χ0) is 15.2. The number of urea groups is 1. The van der Waals surface area contributed by atoms with E-state index >= 15 is 0 Å². The lowest BCUT2D eigenvalue weighted by Crippen LogP contribution is -2.31. The molecule has 2 amide bonds. The molecule has 0 spiro atoms. The summed E-state index contributed by atoms with van der Waals surface area (Å²) < 4.78 is 0. The lowest BCUT2D eigenvalue weighted by Gasteiger charge is -2.18. The smallest absolute Gasteiger partial charge is 0.321 e. The van der Waals surface area contributed by atoms with Gasteiger partial charge < -0.3 is 10.2 Å². The van der Waals surface area contributed by atoms with E-state index in [9.17, 15) is 4.79 Å². The van der Waals surface area contributed by atoms with Gasteiger partial charge in [-0.2, -0.15) is 5.26 Å². The third-order valence-electron chi connectivity index (χ3n) is 3.08. The summed E-state index contributed by atoms with van der Waals surface area (Å²) in [4.78, 5) is 17.9. The van der Waals surface area contributed by atoms with Gasteiger partial charge in [0.1, 0.15) is 0 Å². The third-order valence-corrected chi connectivity index (χ3v) is 3.08. The monoisotopic (exact) mass is 280 g/mol. The van der Waals surface area contributed by atoms with Crippen LogP contribution in [0, 0.1) is 18.3 Å². The first-order valence-corrected chi connectivity index (χ1v) is 6.53. The molecule has 1 heterocycles. The van der Waals surface area contributed by atoms with E-state index in [0.29, 0.717) is 17.8 Å². The van der Waals surface area contributed by atoms with E-state index in [-0.39, 0.29) is 6.03 Å². The average molecular weight is 280 g/mol. The van der Waals surface area contributed by atoms with E-state index in [0.717, 1.165) is 11.3 Å². The van der Waals surface area contributed by atoms with Crippen LogP contribution >= 0.6 is 0 Å².